The monoisotopic (exact) mass is 278 g/mol. The second-order valence-electron chi connectivity index (χ2n) is 5.31. The Hall–Kier alpha value is -2.06. The predicted octanol–water partition coefficient (Wildman–Crippen LogP) is 4.31. The van der Waals surface area contributed by atoms with Gasteiger partial charge in [-0.25, -0.2) is 0 Å². The van der Waals surface area contributed by atoms with Gasteiger partial charge >= 0.3 is 0 Å². The van der Waals surface area contributed by atoms with Crippen LogP contribution in [0.15, 0.2) is 60.7 Å². The van der Waals surface area contributed by atoms with Crippen molar-refractivity contribution in [1.82, 2.24) is 9.88 Å². The number of para-hydroxylation sites is 1. The molecule has 108 valence electrons. The normalized spacial score (nSPS) is 11.1. The van der Waals surface area contributed by atoms with E-state index in [1.54, 1.807) is 0 Å². The molecule has 0 atom stereocenters. The number of nitrogens with zero attached hydrogens (tertiary/aromatic N) is 1. The maximum absolute atomic E-state index is 3.40. The van der Waals surface area contributed by atoms with E-state index in [1.165, 1.54) is 22.2 Å². The molecule has 0 amide bonds. The van der Waals surface area contributed by atoms with E-state index in [-0.39, 0.29) is 0 Å². The molecule has 0 bridgehead atoms. The fourth-order valence-electron chi connectivity index (χ4n) is 2.84. The van der Waals surface area contributed by atoms with Crippen molar-refractivity contribution in [3.8, 4) is 11.3 Å². The summed E-state index contributed by atoms with van der Waals surface area (Å²) in [5, 5.41) is 4.72. The molecule has 21 heavy (non-hydrogen) atoms. The van der Waals surface area contributed by atoms with Gasteiger partial charge in [0.05, 0.1) is 0 Å². The van der Waals surface area contributed by atoms with Crippen LogP contribution in [0.25, 0.3) is 22.2 Å². The zero-order valence-electron chi connectivity index (χ0n) is 12.5. The molecule has 3 rings (SSSR count). The van der Waals surface area contributed by atoms with Gasteiger partial charge in [-0.05, 0) is 37.2 Å². The largest absolute Gasteiger partial charge is 0.340 e. The standard InChI is InChI=1S/C19H22N2/c1-2-20-13-8-14-21-18-12-7-6-11-17(18)15-19(21)16-9-4-3-5-10-16/h3-7,9-12,15,20H,2,8,13-14H2,1H3. The van der Waals surface area contributed by atoms with E-state index in [0.717, 1.165) is 26.1 Å². The summed E-state index contributed by atoms with van der Waals surface area (Å²) < 4.78 is 2.45. The highest BCUT2D eigenvalue weighted by Gasteiger charge is 2.09. The molecule has 0 unspecified atom stereocenters. The molecule has 1 N–H and O–H groups in total. The summed E-state index contributed by atoms with van der Waals surface area (Å²) in [5.74, 6) is 0. The molecule has 0 radical (unpaired) electrons. The molecule has 0 aliphatic carbocycles. The number of benzene rings is 2. The summed E-state index contributed by atoms with van der Waals surface area (Å²) in [5.41, 5.74) is 3.93. The molecule has 0 saturated carbocycles. The van der Waals surface area contributed by atoms with E-state index in [9.17, 15) is 0 Å². The summed E-state index contributed by atoms with van der Waals surface area (Å²) >= 11 is 0. The summed E-state index contributed by atoms with van der Waals surface area (Å²) in [4.78, 5) is 0. The minimum Gasteiger partial charge on any atom is -0.340 e. The fraction of sp³-hybridized carbons (Fsp3) is 0.263. The number of rotatable bonds is 6. The highest BCUT2D eigenvalue weighted by molar-refractivity contribution is 5.87. The summed E-state index contributed by atoms with van der Waals surface area (Å²) in [6.07, 6.45) is 1.15. The molecule has 1 aromatic heterocycles. The molecule has 0 aliphatic rings. The molecule has 0 spiro atoms. The van der Waals surface area contributed by atoms with Gasteiger partial charge < -0.3 is 9.88 Å². The Labute approximate surface area is 126 Å². The van der Waals surface area contributed by atoms with Crippen LogP contribution in [0.5, 0.6) is 0 Å². The van der Waals surface area contributed by atoms with Crippen LogP contribution >= 0.6 is 0 Å². The van der Waals surface area contributed by atoms with Crippen LogP contribution in [0.2, 0.25) is 0 Å². The highest BCUT2D eigenvalue weighted by atomic mass is 15.0. The number of fused-ring (bicyclic) bond motifs is 1. The lowest BCUT2D eigenvalue weighted by Gasteiger charge is -2.11. The third-order valence-corrected chi connectivity index (χ3v) is 3.87. The molecule has 1 heterocycles. The molecule has 2 heteroatoms. The second kappa shape index (κ2) is 6.59. The third kappa shape index (κ3) is 3.01. The highest BCUT2D eigenvalue weighted by Crippen LogP contribution is 2.28. The molecular formula is C19H22N2. The van der Waals surface area contributed by atoms with Crippen LogP contribution < -0.4 is 5.32 Å². The lowest BCUT2D eigenvalue weighted by atomic mass is 10.1. The van der Waals surface area contributed by atoms with Crippen LogP contribution in [0.1, 0.15) is 13.3 Å². The Morgan fingerprint density at radius 1 is 0.952 bits per heavy atom. The van der Waals surface area contributed by atoms with Crippen molar-refractivity contribution in [2.24, 2.45) is 0 Å². The van der Waals surface area contributed by atoms with E-state index in [4.69, 9.17) is 0 Å². The first kappa shape index (κ1) is 13.9. The van der Waals surface area contributed by atoms with Crippen molar-refractivity contribution in [3.05, 3.63) is 60.7 Å². The van der Waals surface area contributed by atoms with Gasteiger partial charge in [0.15, 0.2) is 0 Å². The smallest absolute Gasteiger partial charge is 0.0491 e. The Morgan fingerprint density at radius 3 is 2.52 bits per heavy atom. The average Bonchev–Trinajstić information content (AvgIpc) is 2.91. The summed E-state index contributed by atoms with van der Waals surface area (Å²) in [7, 11) is 0. The van der Waals surface area contributed by atoms with Crippen LogP contribution in [-0.4, -0.2) is 17.7 Å². The minimum absolute atomic E-state index is 1.04. The number of aromatic nitrogens is 1. The predicted molar refractivity (Wildman–Crippen MR) is 90.5 cm³/mol. The van der Waals surface area contributed by atoms with Crippen LogP contribution in [-0.2, 0) is 6.54 Å². The number of aryl methyl sites for hydroxylation is 1. The van der Waals surface area contributed by atoms with Gasteiger partial charge in [0.25, 0.3) is 0 Å². The Bertz CT molecular complexity index is 698. The van der Waals surface area contributed by atoms with Gasteiger partial charge in [0.1, 0.15) is 0 Å². The first-order valence-electron chi connectivity index (χ1n) is 7.74. The molecule has 3 aromatic rings. The van der Waals surface area contributed by atoms with Crippen LogP contribution in [0.3, 0.4) is 0 Å². The number of nitrogens with one attached hydrogen (secondary N) is 1. The fourth-order valence-corrected chi connectivity index (χ4v) is 2.84. The molecule has 2 aromatic carbocycles. The zero-order chi connectivity index (χ0) is 14.5. The Kier molecular flexibility index (Phi) is 4.37. The van der Waals surface area contributed by atoms with Crippen LogP contribution in [0, 0.1) is 0 Å². The Morgan fingerprint density at radius 2 is 1.71 bits per heavy atom. The van der Waals surface area contributed by atoms with Crippen molar-refractivity contribution in [2.75, 3.05) is 13.1 Å². The van der Waals surface area contributed by atoms with Crippen molar-refractivity contribution in [1.29, 1.82) is 0 Å². The summed E-state index contributed by atoms with van der Waals surface area (Å²) in [6, 6.07) is 21.6. The van der Waals surface area contributed by atoms with Crippen molar-refractivity contribution in [3.63, 3.8) is 0 Å². The molecule has 2 nitrogen and oxygen atoms in total. The topological polar surface area (TPSA) is 17.0 Å². The van der Waals surface area contributed by atoms with Gasteiger partial charge in [-0.15, -0.1) is 0 Å². The van der Waals surface area contributed by atoms with Gasteiger partial charge in [-0.3, -0.25) is 0 Å². The Balaban J connectivity index is 1.98. The van der Waals surface area contributed by atoms with Gasteiger partial charge in [0.2, 0.25) is 0 Å². The SMILES string of the molecule is CCNCCCn1c(-c2ccccc2)cc2ccccc21. The van der Waals surface area contributed by atoms with Crippen molar-refractivity contribution in [2.45, 2.75) is 19.9 Å². The van der Waals surface area contributed by atoms with E-state index in [0.29, 0.717) is 0 Å². The molecule has 0 fully saturated rings. The second-order valence-corrected chi connectivity index (χ2v) is 5.31. The molecule has 0 saturated heterocycles. The maximum Gasteiger partial charge on any atom is 0.0491 e. The van der Waals surface area contributed by atoms with E-state index in [2.05, 4.69) is 77.5 Å². The number of hydrogen-bond acceptors (Lipinski definition) is 1. The maximum atomic E-state index is 3.40. The lowest BCUT2D eigenvalue weighted by molar-refractivity contribution is 0.606. The van der Waals surface area contributed by atoms with E-state index in [1.807, 2.05) is 0 Å². The first-order valence-corrected chi connectivity index (χ1v) is 7.74. The van der Waals surface area contributed by atoms with Crippen molar-refractivity contribution >= 4 is 10.9 Å². The molecular weight excluding hydrogens is 256 g/mol. The van der Waals surface area contributed by atoms with E-state index >= 15 is 0 Å². The van der Waals surface area contributed by atoms with Crippen molar-refractivity contribution < 1.29 is 0 Å². The average molecular weight is 278 g/mol. The van der Waals surface area contributed by atoms with E-state index < -0.39 is 0 Å². The molecule has 0 aliphatic heterocycles. The van der Waals surface area contributed by atoms with Gasteiger partial charge in [0, 0.05) is 23.1 Å². The van der Waals surface area contributed by atoms with Crippen LogP contribution in [0.4, 0.5) is 0 Å². The number of hydrogen-bond donors (Lipinski definition) is 1. The summed E-state index contributed by atoms with van der Waals surface area (Å²) in [6.45, 7) is 5.31. The lowest BCUT2D eigenvalue weighted by Crippen LogP contribution is -2.16. The zero-order valence-corrected chi connectivity index (χ0v) is 12.5. The third-order valence-electron chi connectivity index (χ3n) is 3.87. The van der Waals surface area contributed by atoms with Gasteiger partial charge in [-0.1, -0.05) is 55.5 Å². The first-order chi connectivity index (χ1) is 10.4. The minimum atomic E-state index is 1.04. The van der Waals surface area contributed by atoms with Gasteiger partial charge in [-0.2, -0.15) is 0 Å². The quantitative estimate of drug-likeness (QED) is 0.665.